The number of terminal acetylenes is 1. The molecule has 0 rings (SSSR count). The second-order valence-corrected chi connectivity index (χ2v) is 1.96. The van der Waals surface area contributed by atoms with Crippen LogP contribution in [0.4, 0.5) is 0 Å². The van der Waals surface area contributed by atoms with Crippen molar-refractivity contribution in [2.45, 2.75) is 13.8 Å². The number of ketones is 1. The minimum Gasteiger partial charge on any atom is -0.295 e. The Morgan fingerprint density at radius 3 is 2.50 bits per heavy atom. The van der Waals surface area contributed by atoms with E-state index < -0.39 is 0 Å². The van der Waals surface area contributed by atoms with Crippen LogP contribution in [0.15, 0.2) is 23.8 Å². The first-order valence-corrected chi connectivity index (χ1v) is 2.99. The van der Waals surface area contributed by atoms with Crippen LogP contribution in [0.5, 0.6) is 0 Å². The van der Waals surface area contributed by atoms with Crippen LogP contribution in [0.25, 0.3) is 0 Å². The van der Waals surface area contributed by atoms with Gasteiger partial charge in [-0.1, -0.05) is 18.1 Å². The predicted octanol–water partition coefficient (Wildman–Crippen LogP) is 1.71. The molecule has 1 heteroatoms. The van der Waals surface area contributed by atoms with Gasteiger partial charge in [-0.15, -0.1) is 6.42 Å². The molecule has 0 aromatic carbocycles. The van der Waals surface area contributed by atoms with Gasteiger partial charge in [-0.25, -0.2) is 0 Å². The van der Waals surface area contributed by atoms with Crippen LogP contribution < -0.4 is 0 Å². The third kappa shape index (κ3) is 4.86. The van der Waals surface area contributed by atoms with Gasteiger partial charge >= 0.3 is 0 Å². The number of carbonyl (C=O) groups is 1. The molecule has 0 amide bonds. The van der Waals surface area contributed by atoms with E-state index in [4.69, 9.17) is 6.42 Å². The van der Waals surface area contributed by atoms with Gasteiger partial charge in [-0.05, 0) is 25.5 Å². The van der Waals surface area contributed by atoms with Crippen LogP contribution in [-0.2, 0) is 4.79 Å². The Hall–Kier alpha value is -1.29. The second-order valence-electron chi connectivity index (χ2n) is 1.96. The average Bonchev–Trinajstić information content (AvgIpc) is 1.87. The number of rotatable bonds is 2. The van der Waals surface area contributed by atoms with Crippen molar-refractivity contribution in [1.29, 1.82) is 0 Å². The lowest BCUT2D eigenvalue weighted by Crippen LogP contribution is -1.77. The summed E-state index contributed by atoms with van der Waals surface area (Å²) in [4.78, 5) is 10.3. The Balaban J connectivity index is 3.98. The molecule has 0 unspecified atom stereocenters. The first-order chi connectivity index (χ1) is 4.66. The van der Waals surface area contributed by atoms with Gasteiger partial charge in [0, 0.05) is 0 Å². The fourth-order valence-corrected chi connectivity index (χ4v) is 0.376. The minimum atomic E-state index is 0.0288. The topological polar surface area (TPSA) is 17.1 Å². The second kappa shape index (κ2) is 4.58. The SMILES string of the molecule is C#C/C(C)=C/C=C/C(C)=O. The predicted molar refractivity (Wildman–Crippen MR) is 42.4 cm³/mol. The summed E-state index contributed by atoms with van der Waals surface area (Å²) in [5.41, 5.74) is 0.817. The first-order valence-electron chi connectivity index (χ1n) is 2.99. The van der Waals surface area contributed by atoms with E-state index in [0.29, 0.717) is 0 Å². The van der Waals surface area contributed by atoms with Crippen molar-refractivity contribution in [3.63, 3.8) is 0 Å². The maximum atomic E-state index is 10.3. The zero-order valence-electron chi connectivity index (χ0n) is 6.22. The van der Waals surface area contributed by atoms with E-state index in [-0.39, 0.29) is 5.78 Å². The zero-order valence-corrected chi connectivity index (χ0v) is 6.22. The van der Waals surface area contributed by atoms with Crippen LogP contribution in [0.1, 0.15) is 13.8 Å². The molecule has 0 aromatic heterocycles. The van der Waals surface area contributed by atoms with E-state index >= 15 is 0 Å². The Kier molecular flexibility index (Phi) is 3.99. The molecule has 0 aromatic rings. The molecule has 0 bridgehead atoms. The summed E-state index contributed by atoms with van der Waals surface area (Å²) in [6, 6.07) is 0. The Morgan fingerprint density at radius 1 is 1.50 bits per heavy atom. The molecule has 0 heterocycles. The molecule has 0 fully saturated rings. The molecule has 0 atom stereocenters. The van der Waals surface area contributed by atoms with Crippen LogP contribution in [0.3, 0.4) is 0 Å². The van der Waals surface area contributed by atoms with Crippen molar-refractivity contribution in [3.05, 3.63) is 23.8 Å². The highest BCUT2D eigenvalue weighted by Crippen LogP contribution is 1.88. The molecule has 0 N–H and O–H groups in total. The Labute approximate surface area is 61.4 Å². The molecule has 0 aliphatic rings. The Bertz CT molecular complexity index is 213. The molecule has 0 aliphatic carbocycles. The quantitative estimate of drug-likeness (QED) is 0.319. The average molecular weight is 134 g/mol. The van der Waals surface area contributed by atoms with Gasteiger partial charge in [0.05, 0.1) is 0 Å². The third-order valence-corrected chi connectivity index (χ3v) is 0.905. The molecular weight excluding hydrogens is 124 g/mol. The molecule has 0 spiro atoms. The highest BCUT2D eigenvalue weighted by Gasteiger charge is 1.78. The van der Waals surface area contributed by atoms with Crippen molar-refractivity contribution in [2.75, 3.05) is 0 Å². The highest BCUT2D eigenvalue weighted by molar-refractivity contribution is 5.87. The molecule has 0 aliphatic heterocycles. The lowest BCUT2D eigenvalue weighted by atomic mass is 10.3. The smallest absolute Gasteiger partial charge is 0.152 e. The van der Waals surface area contributed by atoms with Crippen molar-refractivity contribution >= 4 is 5.78 Å². The third-order valence-electron chi connectivity index (χ3n) is 0.905. The van der Waals surface area contributed by atoms with Crippen molar-refractivity contribution in [1.82, 2.24) is 0 Å². The van der Waals surface area contributed by atoms with Crippen molar-refractivity contribution < 1.29 is 4.79 Å². The highest BCUT2D eigenvalue weighted by atomic mass is 16.1. The van der Waals surface area contributed by atoms with Gasteiger partial charge in [0.1, 0.15) is 0 Å². The molecule has 52 valence electrons. The van der Waals surface area contributed by atoms with Crippen LogP contribution in [-0.4, -0.2) is 5.78 Å². The van der Waals surface area contributed by atoms with Gasteiger partial charge in [0.15, 0.2) is 5.78 Å². The van der Waals surface area contributed by atoms with Crippen molar-refractivity contribution in [2.24, 2.45) is 0 Å². The molecule has 10 heavy (non-hydrogen) atoms. The van der Waals surface area contributed by atoms with E-state index in [9.17, 15) is 4.79 Å². The number of carbonyl (C=O) groups excluding carboxylic acids is 1. The monoisotopic (exact) mass is 134 g/mol. The Morgan fingerprint density at radius 2 is 2.10 bits per heavy atom. The van der Waals surface area contributed by atoms with E-state index in [0.717, 1.165) is 5.57 Å². The van der Waals surface area contributed by atoms with Crippen LogP contribution in [0, 0.1) is 12.3 Å². The van der Waals surface area contributed by atoms with E-state index in [1.54, 1.807) is 12.2 Å². The summed E-state index contributed by atoms with van der Waals surface area (Å²) in [6.45, 7) is 3.31. The number of allylic oxidation sites excluding steroid dienone is 4. The largest absolute Gasteiger partial charge is 0.295 e. The molecule has 1 nitrogen and oxygen atoms in total. The van der Waals surface area contributed by atoms with Gasteiger partial charge in [0.2, 0.25) is 0 Å². The summed E-state index contributed by atoms with van der Waals surface area (Å²) in [6.07, 6.45) is 9.90. The lowest BCUT2D eigenvalue weighted by molar-refractivity contribution is -0.112. The zero-order chi connectivity index (χ0) is 7.98. The summed E-state index contributed by atoms with van der Waals surface area (Å²) < 4.78 is 0. The van der Waals surface area contributed by atoms with Crippen LogP contribution in [0.2, 0.25) is 0 Å². The summed E-state index contributed by atoms with van der Waals surface area (Å²) in [5, 5.41) is 0. The minimum absolute atomic E-state index is 0.0288. The van der Waals surface area contributed by atoms with Crippen LogP contribution >= 0.6 is 0 Å². The van der Waals surface area contributed by atoms with Gasteiger partial charge in [0.25, 0.3) is 0 Å². The number of hydrogen-bond acceptors (Lipinski definition) is 1. The van der Waals surface area contributed by atoms with Gasteiger partial charge < -0.3 is 0 Å². The van der Waals surface area contributed by atoms with E-state index in [2.05, 4.69) is 5.92 Å². The lowest BCUT2D eigenvalue weighted by Gasteiger charge is -1.80. The maximum Gasteiger partial charge on any atom is 0.152 e. The summed E-state index contributed by atoms with van der Waals surface area (Å²) in [5.74, 6) is 2.47. The standard InChI is InChI=1S/C9H10O/c1-4-8(2)6-5-7-9(3)10/h1,5-7H,2-3H3/b7-5+,8-6+. The normalized spacial score (nSPS) is 11.5. The van der Waals surface area contributed by atoms with E-state index in [1.165, 1.54) is 13.0 Å². The molecular formula is C9H10O. The van der Waals surface area contributed by atoms with Gasteiger partial charge in [-0.3, -0.25) is 4.79 Å². The summed E-state index contributed by atoms with van der Waals surface area (Å²) in [7, 11) is 0. The van der Waals surface area contributed by atoms with Gasteiger partial charge in [-0.2, -0.15) is 0 Å². The summed E-state index contributed by atoms with van der Waals surface area (Å²) >= 11 is 0. The first kappa shape index (κ1) is 8.71. The molecule has 0 saturated carbocycles. The number of hydrogen-bond donors (Lipinski definition) is 0. The van der Waals surface area contributed by atoms with E-state index in [1.807, 2.05) is 6.92 Å². The van der Waals surface area contributed by atoms with Crippen molar-refractivity contribution in [3.8, 4) is 12.3 Å². The molecule has 0 saturated heterocycles. The fraction of sp³-hybridized carbons (Fsp3) is 0.222. The molecule has 0 radical (unpaired) electrons. The maximum absolute atomic E-state index is 10.3. The fourth-order valence-electron chi connectivity index (χ4n) is 0.376.